The molecule has 0 spiro atoms. The molecule has 9 aromatic heterocycles. The number of nitrogens with two attached hydrogens (primary N) is 2. The van der Waals surface area contributed by atoms with Crippen LogP contribution in [0.3, 0.4) is 0 Å². The van der Waals surface area contributed by atoms with Gasteiger partial charge in [0.25, 0.3) is 0 Å². The summed E-state index contributed by atoms with van der Waals surface area (Å²) in [6.45, 7) is 29.8. The number of primary amides is 1. The van der Waals surface area contributed by atoms with Crippen molar-refractivity contribution in [1.29, 1.82) is 0 Å². The van der Waals surface area contributed by atoms with Gasteiger partial charge in [-0.2, -0.15) is 24.3 Å². The lowest BCUT2D eigenvalue weighted by Crippen LogP contribution is -2.27. The number of hydrogen-bond donors (Lipinski definition) is 3. The SMILES string of the molecule is CC(C)(C)OC(N)=O.COC(C)c1c(Br)cnc(C)c1Br.COc1c(C)ncc(Br)c1C(C)OC.COc1c(C)ncc(CC(=O)Cc2cnc(-n3nccn3)c(Cl)c2)c1C(C)OC.COc1c(C)ncc(N)c1C(C)OC.COc1c(C)ncc(NC(=O)OC(C)(C)C)c1C(C)OC.CSF.O=C(Cc1cnc(-n2nccn2)c(Cl)c1)Oc1ccccc1. The van der Waals surface area contributed by atoms with Crippen LogP contribution >= 0.6 is 83.1 Å². The van der Waals surface area contributed by atoms with Crippen molar-refractivity contribution >= 4 is 118 Å². The van der Waals surface area contributed by atoms with Crippen molar-refractivity contribution in [2.75, 3.05) is 81.3 Å². The van der Waals surface area contributed by atoms with Gasteiger partial charge in [0, 0.05) is 139 Å². The summed E-state index contributed by atoms with van der Waals surface area (Å²) in [4.78, 5) is 78.8. The highest BCUT2D eigenvalue weighted by Crippen LogP contribution is 2.39. The Bertz CT molecular complexity index is 4950. The van der Waals surface area contributed by atoms with Crippen molar-refractivity contribution in [2.45, 2.75) is 172 Å². The second kappa shape index (κ2) is 54.3. The molecule has 0 saturated carbocycles. The molecule has 0 aliphatic heterocycles. The topological polar surface area (TPSA) is 395 Å². The first kappa shape index (κ1) is 109. The number of para-hydroxylation sites is 1. The average molecular weight is 1980 g/mol. The number of methoxy groups -OCH3 is 9. The molecule has 0 radical (unpaired) electrons. The Morgan fingerprint density at radius 2 is 0.863 bits per heavy atom. The zero-order valence-corrected chi connectivity index (χ0v) is 81.7. The van der Waals surface area contributed by atoms with E-state index in [4.69, 9.17) is 86.8 Å². The Morgan fingerprint density at radius 1 is 0.492 bits per heavy atom. The number of carbonyl (C=O) groups is 4. The Balaban J connectivity index is 0.000000382. The molecular weight excluding hydrogens is 1860 g/mol. The maximum Gasteiger partial charge on any atom is 0.412 e. The van der Waals surface area contributed by atoms with Crippen LogP contribution in [0.4, 0.5) is 24.8 Å². The van der Waals surface area contributed by atoms with Gasteiger partial charge in [-0.3, -0.25) is 39.8 Å². The number of carbonyl (C=O) groups excluding carboxylic acids is 4. The van der Waals surface area contributed by atoms with Gasteiger partial charge in [0.15, 0.2) is 11.6 Å². The third-order valence-electron chi connectivity index (χ3n) is 17.0. The lowest BCUT2D eigenvalue weighted by molar-refractivity contribution is -0.133. The molecule has 0 bridgehead atoms. The van der Waals surface area contributed by atoms with Crippen LogP contribution < -0.4 is 40.5 Å². The summed E-state index contributed by atoms with van der Waals surface area (Å²) in [5, 5.41) is 19.4. The summed E-state index contributed by atoms with van der Waals surface area (Å²) >= 11 is 23.1. The number of anilines is 2. The maximum atomic E-state index is 12.7. The summed E-state index contributed by atoms with van der Waals surface area (Å²) in [5.41, 5.74) is 21.5. The minimum atomic E-state index is -0.725. The summed E-state index contributed by atoms with van der Waals surface area (Å²) < 4.78 is 76.2. The number of benzene rings is 1. The molecule has 0 aliphatic rings. The third kappa shape index (κ3) is 35.0. The van der Waals surface area contributed by atoms with Gasteiger partial charge in [0.2, 0.25) is 0 Å². The minimum absolute atomic E-state index is 0.00471. The summed E-state index contributed by atoms with van der Waals surface area (Å²) in [6, 6.07) is 12.2. The number of nitrogens with zero attached hydrogens (tertiary/aromatic N) is 13. The normalized spacial score (nSPS) is 11.9. The molecule has 9 heterocycles. The van der Waals surface area contributed by atoms with E-state index in [-0.39, 0.29) is 73.7 Å². The number of ether oxygens (including phenoxy) is 12. The zero-order chi connectivity index (χ0) is 93.5. The van der Waals surface area contributed by atoms with Gasteiger partial charge in [0.1, 0.15) is 45.7 Å². The number of hydrogen-bond acceptors (Lipinski definition) is 29. The zero-order valence-electron chi connectivity index (χ0n) is 74.6. The van der Waals surface area contributed by atoms with E-state index < -0.39 is 23.4 Å². The number of rotatable bonds is 24. The molecule has 0 fully saturated rings. The van der Waals surface area contributed by atoms with E-state index >= 15 is 0 Å². The smallest absolute Gasteiger partial charge is 0.412 e. The standard InChI is InChI=1S/C20H22ClN5O3.C15H11ClN4O2.C15H24N2O4.C10H14BrNO2.C10H16N2O2.C9H11Br2NO.C5H11NO2.CH3FS/c1-12-19(29-4)18(13(2)28-3)15(11-22-12)9-16(27)7-14-8-17(21)20(23-10-14)26-24-5-6-25-26;16-13-8-11(10-17-15(13)20-18-6-7-19-20)9-14(21)22-12-4-2-1-3-5-12;1-9-13(20-7)12(10(2)19-6)11(8-16-9)17-14(18)21-15(3,4)5;2*1-6-10(14-4)9(7(2)13-3)8(11)5-12-6;1-5-9(11)8(6(2)13-3)7(10)4-12-5;1-5(2,3)8-4(6)7;1-3-2/h5-6,8,10-11,13H,7,9H2,1-4H3;1-8,10H,9H2;8,10H,1-7H3,(H,17,18);5,7H,1-4H3;5,7H,11H2,1-4H3;4,6H,1-3H3;1-3H3,(H2,6,7);1H3. The van der Waals surface area contributed by atoms with Gasteiger partial charge in [-0.15, -0.1) is 9.59 Å². The Labute approximate surface area is 764 Å². The number of nitrogen functional groups attached to an aromatic ring is 1. The van der Waals surface area contributed by atoms with E-state index in [9.17, 15) is 23.1 Å². The molecule has 5 unspecified atom stereocenters. The van der Waals surface area contributed by atoms with Crippen LogP contribution in [0.2, 0.25) is 10.0 Å². The molecule has 10 aromatic rings. The van der Waals surface area contributed by atoms with Crippen molar-refractivity contribution in [1.82, 2.24) is 64.9 Å². The predicted octanol–water partition coefficient (Wildman–Crippen LogP) is 19.3. The van der Waals surface area contributed by atoms with E-state index in [1.54, 1.807) is 185 Å². The van der Waals surface area contributed by atoms with Crippen molar-refractivity contribution < 1.29 is 79.9 Å². The number of pyridine rings is 7. The van der Waals surface area contributed by atoms with Crippen LogP contribution in [0.5, 0.6) is 28.7 Å². The molecule has 5 atom stereocenters. The molecule has 5 N–H and O–H groups in total. The first-order valence-corrected chi connectivity index (χ1v) is 42.2. The molecule has 1 aromatic carbocycles. The predicted molar refractivity (Wildman–Crippen MR) is 487 cm³/mol. The largest absolute Gasteiger partial charge is 0.494 e. The van der Waals surface area contributed by atoms with Gasteiger partial charge < -0.3 is 68.3 Å². The number of nitrogens with one attached hydrogen (secondary N) is 1. The Hall–Kier alpha value is -9.67. The maximum absolute atomic E-state index is 12.7. The molecule has 124 heavy (non-hydrogen) atoms. The van der Waals surface area contributed by atoms with Crippen LogP contribution in [-0.2, 0) is 62.0 Å². The molecule has 39 heteroatoms. The van der Waals surface area contributed by atoms with E-state index in [0.717, 1.165) is 81.0 Å². The van der Waals surface area contributed by atoms with Gasteiger partial charge in [-0.1, -0.05) is 41.4 Å². The number of aromatic nitrogens is 13. The molecule has 32 nitrogen and oxygen atoms in total. The molecule has 2 amide bonds. The number of amides is 2. The number of halogens is 6. The van der Waals surface area contributed by atoms with Crippen LogP contribution in [0.15, 0.2) is 124 Å². The summed E-state index contributed by atoms with van der Waals surface area (Å²) in [6.07, 6.45) is 17.8. The number of esters is 1. The Morgan fingerprint density at radius 3 is 1.29 bits per heavy atom. The monoisotopic (exact) mass is 1970 g/mol. The Kier molecular flexibility index (Phi) is 47.5. The molecule has 0 aliphatic carbocycles. The summed E-state index contributed by atoms with van der Waals surface area (Å²) in [5.74, 6) is 3.68. The molecule has 676 valence electrons. The van der Waals surface area contributed by atoms with E-state index in [0.29, 0.717) is 67.2 Å². The summed E-state index contributed by atoms with van der Waals surface area (Å²) in [7, 11) is 14.6. The highest BCUT2D eigenvalue weighted by molar-refractivity contribution is 9.11. The molecule has 0 saturated heterocycles. The second-order valence-electron chi connectivity index (χ2n) is 28.3. The number of ketones is 1. The van der Waals surface area contributed by atoms with Crippen molar-refractivity contribution in [2.24, 2.45) is 5.73 Å². The van der Waals surface area contributed by atoms with E-state index in [2.05, 4.69) is 113 Å². The quantitative estimate of drug-likeness (QED) is 0.0373. The average Bonchev–Trinajstić information content (AvgIpc) is 0.965. The van der Waals surface area contributed by atoms with Gasteiger partial charge in [0.05, 0.1) is 152 Å². The fourth-order valence-electron chi connectivity index (χ4n) is 11.0. The van der Waals surface area contributed by atoms with Gasteiger partial charge >= 0.3 is 18.2 Å². The lowest BCUT2D eigenvalue weighted by Gasteiger charge is -2.23. The number of Topliss-reactive ketones (excluding diaryl/α,β-unsaturated/α-hetero) is 1. The van der Waals surface area contributed by atoms with Gasteiger partial charge in [-0.25, -0.2) is 19.6 Å². The first-order chi connectivity index (χ1) is 58.5. The fourth-order valence-corrected chi connectivity index (χ4v) is 13.7. The lowest BCUT2D eigenvalue weighted by atomic mass is 9.97. The van der Waals surface area contributed by atoms with Crippen LogP contribution in [0, 0.1) is 34.6 Å². The highest BCUT2D eigenvalue weighted by Gasteiger charge is 2.26. The first-order valence-electron chi connectivity index (χ1n) is 37.9. The van der Waals surface area contributed by atoms with Crippen LogP contribution in [-0.4, -0.2) is 170 Å². The van der Waals surface area contributed by atoms with Gasteiger partial charge in [-0.05, 0) is 200 Å². The molecule has 10 rings (SSSR count). The second-order valence-corrected chi connectivity index (χ2v) is 31.9. The third-order valence-corrected chi connectivity index (χ3v) is 19.8. The van der Waals surface area contributed by atoms with E-state index in [1.165, 1.54) is 40.6 Å². The van der Waals surface area contributed by atoms with E-state index in [1.807, 2.05) is 75.3 Å². The highest BCUT2D eigenvalue weighted by atomic mass is 79.9. The molecular formula is C85H112Br3Cl2FN16O16S. The van der Waals surface area contributed by atoms with Crippen molar-refractivity contribution in [3.63, 3.8) is 0 Å². The van der Waals surface area contributed by atoms with Crippen molar-refractivity contribution in [3.8, 4) is 40.4 Å². The fraction of sp³-hybridized carbons (Fsp3) is 0.424. The number of aryl methyl sites for hydroxylation is 5. The minimum Gasteiger partial charge on any atom is -0.494 e. The van der Waals surface area contributed by atoms with Crippen LogP contribution in [0.1, 0.15) is 180 Å². The van der Waals surface area contributed by atoms with Crippen LogP contribution in [0.25, 0.3) is 11.6 Å². The van der Waals surface area contributed by atoms with Crippen molar-refractivity contribution in [3.05, 3.63) is 207 Å².